The Morgan fingerprint density at radius 3 is 2.56 bits per heavy atom. The molecule has 0 unspecified atom stereocenters. The van der Waals surface area contributed by atoms with Crippen LogP contribution >= 0.6 is 0 Å². The molecule has 0 saturated carbocycles. The van der Waals surface area contributed by atoms with Crippen LogP contribution in [-0.2, 0) is 17.9 Å². The smallest absolute Gasteiger partial charge is 0.405 e. The number of nitrogens with one attached hydrogen (secondary N) is 1. The zero-order valence-electron chi connectivity index (χ0n) is 20.8. The van der Waals surface area contributed by atoms with Crippen LogP contribution in [0.2, 0.25) is 0 Å². The first kappa shape index (κ1) is 26.2. The number of para-hydroxylation sites is 1. The van der Waals surface area contributed by atoms with E-state index in [0.717, 1.165) is 5.56 Å². The predicted molar refractivity (Wildman–Crippen MR) is 135 cm³/mol. The maximum atomic E-state index is 13.4. The second-order valence-electron chi connectivity index (χ2n) is 9.41. The maximum absolute atomic E-state index is 13.4. The number of amides is 3. The Morgan fingerprint density at radius 1 is 1.03 bits per heavy atom. The van der Waals surface area contributed by atoms with Gasteiger partial charge in [0, 0.05) is 37.6 Å². The fourth-order valence-corrected chi connectivity index (χ4v) is 5.00. The van der Waals surface area contributed by atoms with E-state index in [1.807, 2.05) is 4.90 Å². The van der Waals surface area contributed by atoms with Gasteiger partial charge in [0.25, 0.3) is 11.8 Å². The van der Waals surface area contributed by atoms with E-state index in [-0.39, 0.29) is 36.2 Å². The molecule has 1 aromatic heterocycles. The van der Waals surface area contributed by atoms with Crippen molar-refractivity contribution >= 4 is 23.4 Å². The molecule has 1 saturated heterocycles. The topological polar surface area (TPSA) is 91.8 Å². The van der Waals surface area contributed by atoms with E-state index in [0.29, 0.717) is 42.7 Å². The highest BCUT2D eigenvalue weighted by atomic mass is 19.4. The van der Waals surface area contributed by atoms with Crippen molar-refractivity contribution in [3.63, 3.8) is 0 Å². The quantitative estimate of drug-likeness (QED) is 0.451. The molecule has 2 aromatic carbocycles. The van der Waals surface area contributed by atoms with Crippen molar-refractivity contribution in [1.82, 2.24) is 15.2 Å². The van der Waals surface area contributed by atoms with Gasteiger partial charge in [0.2, 0.25) is 5.91 Å². The molecule has 2 aliphatic rings. The van der Waals surface area contributed by atoms with Crippen molar-refractivity contribution in [1.29, 1.82) is 0 Å². The summed E-state index contributed by atoms with van der Waals surface area (Å²) in [4.78, 5) is 46.6. The fraction of sp³-hybridized carbons (Fsp3) is 0.286. The van der Waals surface area contributed by atoms with Gasteiger partial charge in [-0.1, -0.05) is 24.3 Å². The number of alkyl halides is 3. The van der Waals surface area contributed by atoms with Crippen molar-refractivity contribution < 1.29 is 32.3 Å². The van der Waals surface area contributed by atoms with Gasteiger partial charge in [0.1, 0.15) is 5.75 Å². The number of benzene rings is 2. The molecule has 8 nitrogen and oxygen atoms in total. The summed E-state index contributed by atoms with van der Waals surface area (Å²) in [6.07, 6.45) is -0.399. The van der Waals surface area contributed by atoms with Crippen LogP contribution in [0.25, 0.3) is 0 Å². The van der Waals surface area contributed by atoms with Crippen LogP contribution in [0, 0.1) is 5.92 Å². The molecule has 39 heavy (non-hydrogen) atoms. The summed E-state index contributed by atoms with van der Waals surface area (Å²) < 4.78 is 42.3. The van der Waals surface area contributed by atoms with Crippen LogP contribution in [0.3, 0.4) is 0 Å². The van der Waals surface area contributed by atoms with Gasteiger partial charge in [0.05, 0.1) is 29.3 Å². The molecule has 1 N–H and O–H groups in total. The van der Waals surface area contributed by atoms with Gasteiger partial charge in [-0.2, -0.15) is 0 Å². The molecule has 3 aromatic rings. The zero-order chi connectivity index (χ0) is 27.6. The van der Waals surface area contributed by atoms with Gasteiger partial charge in [-0.05, 0) is 48.7 Å². The van der Waals surface area contributed by atoms with Crippen LogP contribution in [0.15, 0.2) is 67.0 Å². The molecule has 11 heteroatoms. The Morgan fingerprint density at radius 2 is 1.79 bits per heavy atom. The molecule has 0 aliphatic carbocycles. The summed E-state index contributed by atoms with van der Waals surface area (Å²) in [6.45, 7) is 0.890. The summed E-state index contributed by atoms with van der Waals surface area (Å²) in [7, 11) is 0. The third-order valence-corrected chi connectivity index (χ3v) is 6.85. The second-order valence-corrected chi connectivity index (χ2v) is 9.41. The molecular formula is C28H25F3N4O4. The molecule has 3 amide bonds. The number of hydrogen-bond acceptors (Lipinski definition) is 6. The number of fused-ring (bicyclic) bond motifs is 1. The van der Waals surface area contributed by atoms with Crippen LogP contribution in [-0.4, -0.2) is 47.1 Å². The lowest BCUT2D eigenvalue weighted by molar-refractivity contribution is -0.274. The SMILES string of the molecule is O=C(NCc1ccccc1OC(F)(F)F)[C@@H]1CCCN(c2cccc3c2C(=O)N(Cc2ccncc2)C3=O)C1. The van der Waals surface area contributed by atoms with Crippen LogP contribution in [0.4, 0.5) is 18.9 Å². The van der Waals surface area contributed by atoms with Crippen molar-refractivity contribution in [3.8, 4) is 5.75 Å². The first-order valence-corrected chi connectivity index (χ1v) is 12.5. The third-order valence-electron chi connectivity index (χ3n) is 6.85. The van der Waals surface area contributed by atoms with Crippen molar-refractivity contribution in [2.45, 2.75) is 32.3 Å². The average Bonchev–Trinajstić information content (AvgIpc) is 3.17. The number of piperidine rings is 1. The Kier molecular flexibility index (Phi) is 7.23. The monoisotopic (exact) mass is 538 g/mol. The second kappa shape index (κ2) is 10.8. The Labute approximate surface area is 222 Å². The molecule has 2 aliphatic heterocycles. The van der Waals surface area contributed by atoms with Gasteiger partial charge < -0.3 is 15.0 Å². The molecule has 5 rings (SSSR count). The number of ether oxygens (including phenoxy) is 1. The molecule has 1 fully saturated rings. The van der Waals surface area contributed by atoms with E-state index in [9.17, 15) is 27.6 Å². The van der Waals surface area contributed by atoms with Crippen molar-refractivity contribution in [2.24, 2.45) is 5.92 Å². The normalized spacial score (nSPS) is 17.3. The average molecular weight is 539 g/mol. The van der Waals surface area contributed by atoms with Gasteiger partial charge in [-0.25, -0.2) is 0 Å². The lowest BCUT2D eigenvalue weighted by Crippen LogP contribution is -2.43. The van der Waals surface area contributed by atoms with Crippen LogP contribution in [0.5, 0.6) is 5.75 Å². The molecule has 0 radical (unpaired) electrons. The van der Waals surface area contributed by atoms with E-state index < -0.39 is 18.2 Å². The largest absolute Gasteiger partial charge is 0.573 e. The highest BCUT2D eigenvalue weighted by Gasteiger charge is 2.39. The van der Waals surface area contributed by atoms with E-state index >= 15 is 0 Å². The first-order chi connectivity index (χ1) is 18.7. The highest BCUT2D eigenvalue weighted by molar-refractivity contribution is 6.23. The Balaban J connectivity index is 1.28. The minimum atomic E-state index is -4.84. The molecular weight excluding hydrogens is 513 g/mol. The number of carbonyl (C=O) groups is 3. The van der Waals surface area contributed by atoms with E-state index in [4.69, 9.17) is 0 Å². The summed E-state index contributed by atoms with van der Waals surface area (Å²) >= 11 is 0. The molecule has 0 spiro atoms. The number of halogens is 3. The van der Waals surface area contributed by atoms with Crippen molar-refractivity contribution in [2.75, 3.05) is 18.0 Å². The maximum Gasteiger partial charge on any atom is 0.573 e. The van der Waals surface area contributed by atoms with E-state index in [1.165, 1.54) is 23.1 Å². The molecule has 1 atom stereocenters. The first-order valence-electron chi connectivity index (χ1n) is 12.5. The number of anilines is 1. The standard InChI is InChI=1S/C28H25F3N4O4/c29-28(30,31)39-23-9-2-1-5-19(23)15-33-25(36)20-6-4-14-34(17-20)22-8-3-7-21-24(22)27(38)35(26(21)37)16-18-10-12-32-13-11-18/h1-3,5,7-13,20H,4,6,14-17H2,(H,33,36)/t20-/m1/s1. The van der Waals surface area contributed by atoms with Crippen molar-refractivity contribution in [3.05, 3.63) is 89.2 Å². The predicted octanol–water partition coefficient (Wildman–Crippen LogP) is 4.31. The minimum absolute atomic E-state index is 0.124. The molecule has 0 bridgehead atoms. The number of nitrogens with zero attached hydrogens (tertiary/aromatic N) is 3. The van der Waals surface area contributed by atoms with Crippen LogP contribution < -0.4 is 15.0 Å². The number of imide groups is 1. The van der Waals surface area contributed by atoms with Crippen LogP contribution in [0.1, 0.15) is 44.7 Å². The van der Waals surface area contributed by atoms with Gasteiger partial charge in [-0.15, -0.1) is 13.2 Å². The minimum Gasteiger partial charge on any atom is -0.405 e. The van der Waals surface area contributed by atoms with Gasteiger partial charge in [-0.3, -0.25) is 24.3 Å². The number of aromatic nitrogens is 1. The van der Waals surface area contributed by atoms with E-state index in [1.54, 1.807) is 48.8 Å². The molecule has 202 valence electrons. The lowest BCUT2D eigenvalue weighted by atomic mass is 9.95. The summed E-state index contributed by atoms with van der Waals surface area (Å²) in [5.41, 5.74) is 2.20. The van der Waals surface area contributed by atoms with Gasteiger partial charge >= 0.3 is 6.36 Å². The number of pyridine rings is 1. The summed E-state index contributed by atoms with van der Waals surface area (Å²) in [6, 6.07) is 14.2. The molecule has 3 heterocycles. The summed E-state index contributed by atoms with van der Waals surface area (Å²) in [5.74, 6) is -1.90. The highest BCUT2D eigenvalue weighted by Crippen LogP contribution is 2.35. The lowest BCUT2D eigenvalue weighted by Gasteiger charge is -2.34. The fourth-order valence-electron chi connectivity index (χ4n) is 5.00. The third kappa shape index (κ3) is 5.71. The number of hydrogen-bond donors (Lipinski definition) is 1. The van der Waals surface area contributed by atoms with E-state index in [2.05, 4.69) is 15.0 Å². The zero-order valence-corrected chi connectivity index (χ0v) is 20.8. The van der Waals surface area contributed by atoms with Gasteiger partial charge in [0.15, 0.2) is 0 Å². The number of rotatable bonds is 7. The Hall–Kier alpha value is -4.41. The Bertz CT molecular complexity index is 1400. The number of carbonyl (C=O) groups excluding carboxylic acids is 3. The summed E-state index contributed by atoms with van der Waals surface area (Å²) in [5, 5.41) is 2.72.